The molecule has 3 aromatic rings. The minimum absolute atomic E-state index is 0.351. The molecule has 4 rings (SSSR count). The van der Waals surface area contributed by atoms with Crippen LogP contribution in [0.5, 0.6) is 5.75 Å². The van der Waals surface area contributed by atoms with Gasteiger partial charge in [0.25, 0.3) is 0 Å². The highest BCUT2D eigenvalue weighted by molar-refractivity contribution is 5.87. The molecule has 3 heteroatoms. The molecule has 0 saturated carbocycles. The molecule has 0 radical (unpaired) electrons. The number of aryl methyl sites for hydroxylation is 1. The van der Waals surface area contributed by atoms with E-state index in [2.05, 4.69) is 41.3 Å². The van der Waals surface area contributed by atoms with Crippen molar-refractivity contribution >= 4 is 16.6 Å². The third-order valence-corrected chi connectivity index (χ3v) is 5.93. The van der Waals surface area contributed by atoms with Crippen LogP contribution in [0, 0.1) is 5.92 Å². The van der Waals surface area contributed by atoms with Crippen molar-refractivity contribution in [1.82, 2.24) is 4.68 Å². The number of rotatable bonds is 7. The number of hydrogen-bond acceptors (Lipinski definition) is 2. The van der Waals surface area contributed by atoms with Crippen LogP contribution in [-0.4, -0.2) is 9.78 Å². The van der Waals surface area contributed by atoms with Crippen LogP contribution < -0.4 is 5.43 Å². The summed E-state index contributed by atoms with van der Waals surface area (Å²) >= 11 is 0. The molecule has 1 heterocycles. The number of aromatic hydroxyl groups is 1. The molecule has 142 valence electrons. The number of benzene rings is 2. The van der Waals surface area contributed by atoms with Crippen LogP contribution in [-0.2, 0) is 12.8 Å². The Morgan fingerprint density at radius 1 is 1.07 bits per heavy atom. The Hall–Kier alpha value is -2.42. The van der Waals surface area contributed by atoms with Crippen molar-refractivity contribution in [3.05, 3.63) is 59.8 Å². The molecule has 1 aliphatic carbocycles. The Bertz CT molecular complexity index is 898. The smallest absolute Gasteiger partial charge is 0.116 e. The van der Waals surface area contributed by atoms with Gasteiger partial charge in [0.1, 0.15) is 5.75 Å². The average molecular weight is 363 g/mol. The number of hydrogen-bond donors (Lipinski definition) is 2. The highest BCUT2D eigenvalue weighted by Crippen LogP contribution is 2.37. The van der Waals surface area contributed by atoms with Crippen LogP contribution in [0.15, 0.2) is 48.5 Å². The molecule has 27 heavy (non-hydrogen) atoms. The number of nitrogens with one attached hydrogen (secondary N) is 1. The number of para-hydroxylation sites is 1. The molecule has 0 fully saturated rings. The fraction of sp³-hybridized carbons (Fsp3) is 0.417. The number of fused-ring (bicyclic) bond motifs is 3. The second kappa shape index (κ2) is 8.08. The van der Waals surface area contributed by atoms with Gasteiger partial charge >= 0.3 is 0 Å². The van der Waals surface area contributed by atoms with Gasteiger partial charge in [0.2, 0.25) is 0 Å². The van der Waals surface area contributed by atoms with Gasteiger partial charge in [-0.2, -0.15) is 0 Å². The summed E-state index contributed by atoms with van der Waals surface area (Å²) in [6.07, 6.45) is 10.2. The Morgan fingerprint density at radius 2 is 1.93 bits per heavy atom. The fourth-order valence-electron chi connectivity index (χ4n) is 4.49. The summed E-state index contributed by atoms with van der Waals surface area (Å²) in [6.45, 7) is 2.27. The minimum atomic E-state index is 0.351. The SMILES string of the molecule is CCCCCCC1CCc2c(n(Nc3ccccc3)c3ccc(O)cc23)C1. The highest BCUT2D eigenvalue weighted by Gasteiger charge is 2.25. The zero-order valence-corrected chi connectivity index (χ0v) is 16.2. The zero-order chi connectivity index (χ0) is 18.6. The molecule has 1 aromatic heterocycles. The van der Waals surface area contributed by atoms with Crippen molar-refractivity contribution in [2.75, 3.05) is 5.43 Å². The molecule has 0 spiro atoms. The van der Waals surface area contributed by atoms with Gasteiger partial charge in [-0.05, 0) is 61.1 Å². The van der Waals surface area contributed by atoms with E-state index >= 15 is 0 Å². The van der Waals surface area contributed by atoms with E-state index in [1.54, 1.807) is 6.07 Å². The number of aromatic nitrogens is 1. The summed E-state index contributed by atoms with van der Waals surface area (Å²) in [5, 5.41) is 11.2. The van der Waals surface area contributed by atoms with Gasteiger partial charge in [0.15, 0.2) is 0 Å². The monoisotopic (exact) mass is 362 g/mol. The number of unbranched alkanes of at least 4 members (excludes halogenated alkanes) is 3. The summed E-state index contributed by atoms with van der Waals surface area (Å²) in [4.78, 5) is 0. The third kappa shape index (κ3) is 3.83. The van der Waals surface area contributed by atoms with Crippen LogP contribution >= 0.6 is 0 Å². The first kappa shape index (κ1) is 18.0. The number of phenolic OH excluding ortho intramolecular Hbond substituents is 1. The van der Waals surface area contributed by atoms with Crippen molar-refractivity contribution < 1.29 is 5.11 Å². The van der Waals surface area contributed by atoms with E-state index in [-0.39, 0.29) is 0 Å². The summed E-state index contributed by atoms with van der Waals surface area (Å²) in [5.74, 6) is 1.12. The molecule has 1 unspecified atom stereocenters. The maximum atomic E-state index is 10.0. The molecule has 0 amide bonds. The third-order valence-electron chi connectivity index (χ3n) is 5.93. The van der Waals surface area contributed by atoms with Gasteiger partial charge in [-0.3, -0.25) is 10.1 Å². The van der Waals surface area contributed by atoms with Gasteiger partial charge in [-0.1, -0.05) is 57.2 Å². The van der Waals surface area contributed by atoms with Crippen LogP contribution in [0.1, 0.15) is 56.7 Å². The van der Waals surface area contributed by atoms with E-state index < -0.39 is 0 Å². The first-order valence-corrected chi connectivity index (χ1v) is 10.4. The normalized spacial score (nSPS) is 16.4. The van der Waals surface area contributed by atoms with E-state index in [9.17, 15) is 5.11 Å². The van der Waals surface area contributed by atoms with Crippen molar-refractivity contribution in [1.29, 1.82) is 0 Å². The van der Waals surface area contributed by atoms with E-state index in [1.165, 1.54) is 55.2 Å². The number of nitrogens with zero attached hydrogens (tertiary/aromatic N) is 1. The Balaban J connectivity index is 1.65. The summed E-state index contributed by atoms with van der Waals surface area (Å²) in [5.41, 5.74) is 8.67. The Morgan fingerprint density at radius 3 is 2.74 bits per heavy atom. The van der Waals surface area contributed by atoms with Crippen molar-refractivity contribution in [2.45, 2.75) is 58.3 Å². The van der Waals surface area contributed by atoms with Gasteiger partial charge in [0, 0.05) is 11.1 Å². The number of phenols is 1. The molecular weight excluding hydrogens is 332 g/mol. The molecule has 2 N–H and O–H groups in total. The second-order valence-electron chi connectivity index (χ2n) is 7.90. The van der Waals surface area contributed by atoms with E-state index in [1.807, 2.05) is 18.2 Å². The van der Waals surface area contributed by atoms with Gasteiger partial charge in [-0.15, -0.1) is 0 Å². The van der Waals surface area contributed by atoms with Crippen molar-refractivity contribution in [3.63, 3.8) is 0 Å². The van der Waals surface area contributed by atoms with Gasteiger partial charge < -0.3 is 5.11 Å². The predicted molar refractivity (Wildman–Crippen MR) is 113 cm³/mol. The maximum Gasteiger partial charge on any atom is 0.116 e. The van der Waals surface area contributed by atoms with Crippen molar-refractivity contribution in [2.24, 2.45) is 5.92 Å². The summed E-state index contributed by atoms with van der Waals surface area (Å²) in [7, 11) is 0. The molecular formula is C24H30N2O. The average Bonchev–Trinajstić information content (AvgIpc) is 2.98. The Labute approximate surface area is 162 Å². The summed E-state index contributed by atoms with van der Waals surface area (Å²) in [6, 6.07) is 16.1. The first-order valence-electron chi connectivity index (χ1n) is 10.4. The minimum Gasteiger partial charge on any atom is -0.508 e. The molecule has 2 aromatic carbocycles. The second-order valence-corrected chi connectivity index (χ2v) is 7.90. The zero-order valence-electron chi connectivity index (χ0n) is 16.2. The van der Waals surface area contributed by atoms with E-state index in [0.717, 1.165) is 30.0 Å². The van der Waals surface area contributed by atoms with Crippen LogP contribution in [0.2, 0.25) is 0 Å². The lowest BCUT2D eigenvalue weighted by Gasteiger charge is -2.25. The standard InChI is InChI=1S/C24H30N2O/c1-2-3-4-6-9-18-12-14-21-22-17-20(27)13-15-23(22)26(24(21)16-18)25-19-10-7-5-8-11-19/h5,7-8,10-11,13,15,17-18,25,27H,2-4,6,9,12,14,16H2,1H3. The molecule has 0 bridgehead atoms. The lowest BCUT2D eigenvalue weighted by molar-refractivity contribution is 0.399. The largest absolute Gasteiger partial charge is 0.508 e. The van der Waals surface area contributed by atoms with Crippen molar-refractivity contribution in [3.8, 4) is 5.75 Å². The molecule has 0 saturated heterocycles. The van der Waals surface area contributed by atoms with Gasteiger partial charge in [0.05, 0.1) is 11.2 Å². The number of anilines is 1. The predicted octanol–water partition coefficient (Wildman–Crippen LogP) is 6.30. The molecule has 1 atom stereocenters. The lowest BCUT2D eigenvalue weighted by Crippen LogP contribution is -2.20. The van der Waals surface area contributed by atoms with Crippen LogP contribution in [0.3, 0.4) is 0 Å². The van der Waals surface area contributed by atoms with E-state index in [4.69, 9.17) is 0 Å². The molecule has 1 aliphatic rings. The molecule has 0 aliphatic heterocycles. The lowest BCUT2D eigenvalue weighted by atomic mass is 9.83. The summed E-state index contributed by atoms with van der Waals surface area (Å²) < 4.78 is 2.26. The topological polar surface area (TPSA) is 37.2 Å². The van der Waals surface area contributed by atoms with Crippen LogP contribution in [0.4, 0.5) is 5.69 Å². The highest BCUT2D eigenvalue weighted by atomic mass is 16.3. The quantitative estimate of drug-likeness (QED) is 0.484. The van der Waals surface area contributed by atoms with Crippen LogP contribution in [0.25, 0.3) is 10.9 Å². The fourth-order valence-corrected chi connectivity index (χ4v) is 4.49. The first-order chi connectivity index (χ1) is 13.3. The Kier molecular flexibility index (Phi) is 5.38. The van der Waals surface area contributed by atoms with Gasteiger partial charge in [-0.25, -0.2) is 0 Å². The maximum absolute atomic E-state index is 10.0. The van der Waals surface area contributed by atoms with E-state index in [0.29, 0.717) is 5.75 Å². The molecule has 3 nitrogen and oxygen atoms in total.